The van der Waals surface area contributed by atoms with Crippen molar-refractivity contribution in [1.29, 1.82) is 0 Å². The van der Waals surface area contributed by atoms with Crippen molar-refractivity contribution < 1.29 is 18.7 Å². The van der Waals surface area contributed by atoms with Gasteiger partial charge in [-0.25, -0.2) is 4.98 Å². The lowest BCUT2D eigenvalue weighted by atomic mass is 9.93. The summed E-state index contributed by atoms with van der Waals surface area (Å²) in [6.07, 6.45) is 2.48. The zero-order valence-electron chi connectivity index (χ0n) is 17.3. The number of aryl methyl sites for hydroxylation is 1. The first-order valence-corrected chi connectivity index (χ1v) is 10.2. The van der Waals surface area contributed by atoms with Gasteiger partial charge in [0.1, 0.15) is 5.76 Å². The van der Waals surface area contributed by atoms with Crippen molar-refractivity contribution in [2.45, 2.75) is 25.2 Å². The van der Waals surface area contributed by atoms with Gasteiger partial charge in [-0.1, -0.05) is 48.5 Å². The van der Waals surface area contributed by atoms with Crippen LogP contribution in [0.4, 0.5) is 0 Å². The van der Waals surface area contributed by atoms with Crippen LogP contribution in [0.25, 0.3) is 33.6 Å². The van der Waals surface area contributed by atoms with Gasteiger partial charge in [0.25, 0.3) is 0 Å². The largest absolute Gasteiger partial charge is 0.468 e. The van der Waals surface area contributed by atoms with Crippen molar-refractivity contribution >= 4 is 23.4 Å². The molecule has 5 heteroatoms. The number of pyridine rings is 1. The van der Waals surface area contributed by atoms with Crippen LogP contribution in [0.3, 0.4) is 0 Å². The first kappa shape index (κ1) is 19.2. The van der Waals surface area contributed by atoms with E-state index in [1.165, 1.54) is 7.11 Å². The SMILES string of the molecule is COC(=O)C1(c2ccc(-c3ccc(-c4oc5nc(C)ccc5c4C=O)cc3)cc2)CC1. The molecule has 5 rings (SSSR count). The standard InChI is InChI=1S/C26H21NO4/c1-16-3-12-21-22(15-28)23(31-24(21)27-16)19-6-4-17(5-7-19)18-8-10-20(11-9-18)26(13-14-26)25(29)30-2/h3-12,15H,13-14H2,1-2H3. The maximum atomic E-state index is 12.1. The molecule has 0 amide bonds. The lowest BCUT2D eigenvalue weighted by Crippen LogP contribution is -2.21. The molecule has 5 nitrogen and oxygen atoms in total. The van der Waals surface area contributed by atoms with Crippen LogP contribution in [0.5, 0.6) is 0 Å². The average Bonchev–Trinajstić information content (AvgIpc) is 3.54. The minimum absolute atomic E-state index is 0.161. The Morgan fingerprint density at radius 3 is 2.16 bits per heavy atom. The number of nitrogens with zero attached hydrogens (tertiary/aromatic N) is 1. The Morgan fingerprint density at radius 1 is 0.968 bits per heavy atom. The molecule has 0 unspecified atom stereocenters. The fourth-order valence-corrected chi connectivity index (χ4v) is 4.15. The van der Waals surface area contributed by atoms with E-state index in [4.69, 9.17) is 9.15 Å². The summed E-state index contributed by atoms with van der Waals surface area (Å²) >= 11 is 0. The van der Waals surface area contributed by atoms with Crippen molar-refractivity contribution in [2.75, 3.05) is 7.11 Å². The first-order valence-electron chi connectivity index (χ1n) is 10.2. The van der Waals surface area contributed by atoms with E-state index in [2.05, 4.69) is 4.98 Å². The maximum Gasteiger partial charge on any atom is 0.316 e. The summed E-state index contributed by atoms with van der Waals surface area (Å²) in [7, 11) is 1.44. The summed E-state index contributed by atoms with van der Waals surface area (Å²) in [6, 6.07) is 19.7. The number of furan rings is 1. The van der Waals surface area contributed by atoms with Crippen molar-refractivity contribution in [3.05, 3.63) is 77.5 Å². The Bertz CT molecular complexity index is 1300. The van der Waals surface area contributed by atoms with Crippen LogP contribution in [-0.2, 0) is 14.9 Å². The summed E-state index contributed by atoms with van der Waals surface area (Å²) in [6.45, 7) is 1.89. The quantitative estimate of drug-likeness (QED) is 0.321. The number of aromatic nitrogens is 1. The summed E-state index contributed by atoms with van der Waals surface area (Å²) in [4.78, 5) is 28.2. The number of hydrogen-bond acceptors (Lipinski definition) is 5. The highest BCUT2D eigenvalue weighted by molar-refractivity contribution is 6.01. The predicted octanol–water partition coefficient (Wildman–Crippen LogP) is 5.49. The Morgan fingerprint density at radius 2 is 1.58 bits per heavy atom. The highest BCUT2D eigenvalue weighted by atomic mass is 16.5. The van der Waals surface area contributed by atoms with Gasteiger partial charge >= 0.3 is 5.97 Å². The fraction of sp³-hybridized carbons (Fsp3) is 0.192. The third-order valence-electron chi connectivity index (χ3n) is 6.09. The number of benzene rings is 2. The van der Waals surface area contributed by atoms with Crippen LogP contribution in [0.2, 0.25) is 0 Å². The molecule has 2 heterocycles. The molecule has 31 heavy (non-hydrogen) atoms. The van der Waals surface area contributed by atoms with E-state index in [-0.39, 0.29) is 5.97 Å². The Kier molecular flexibility index (Phi) is 4.47. The van der Waals surface area contributed by atoms with E-state index in [0.29, 0.717) is 17.0 Å². The van der Waals surface area contributed by atoms with Gasteiger partial charge in [0.05, 0.1) is 23.5 Å². The summed E-state index contributed by atoms with van der Waals surface area (Å²) in [5, 5.41) is 0.717. The molecule has 2 aromatic heterocycles. The second-order valence-electron chi connectivity index (χ2n) is 8.00. The van der Waals surface area contributed by atoms with Crippen LogP contribution in [-0.4, -0.2) is 24.3 Å². The van der Waals surface area contributed by atoms with E-state index < -0.39 is 5.41 Å². The number of fused-ring (bicyclic) bond motifs is 1. The van der Waals surface area contributed by atoms with E-state index in [1.807, 2.05) is 67.6 Å². The Labute approximate surface area is 179 Å². The van der Waals surface area contributed by atoms with Crippen molar-refractivity contribution in [2.24, 2.45) is 0 Å². The Balaban J connectivity index is 1.45. The number of esters is 1. The number of hydrogen-bond donors (Lipinski definition) is 0. The first-order chi connectivity index (χ1) is 15.1. The molecule has 1 fully saturated rings. The monoisotopic (exact) mass is 411 g/mol. The summed E-state index contributed by atoms with van der Waals surface area (Å²) < 4.78 is 10.9. The molecule has 4 aromatic rings. The predicted molar refractivity (Wildman–Crippen MR) is 118 cm³/mol. The molecule has 1 aliphatic carbocycles. The van der Waals surface area contributed by atoms with E-state index >= 15 is 0 Å². The third kappa shape index (κ3) is 3.13. The topological polar surface area (TPSA) is 69.4 Å². The van der Waals surface area contributed by atoms with Crippen LogP contribution in [0.15, 0.2) is 65.1 Å². The molecule has 1 aliphatic rings. The maximum absolute atomic E-state index is 12.1. The molecule has 0 bridgehead atoms. The molecule has 0 N–H and O–H groups in total. The van der Waals surface area contributed by atoms with Crippen molar-refractivity contribution in [3.8, 4) is 22.5 Å². The number of carbonyl (C=O) groups excluding carboxylic acids is 2. The van der Waals surface area contributed by atoms with Gasteiger partial charge in [0, 0.05) is 11.3 Å². The zero-order chi connectivity index (χ0) is 21.6. The molecule has 0 aliphatic heterocycles. The van der Waals surface area contributed by atoms with Crippen LogP contribution in [0.1, 0.15) is 34.5 Å². The minimum atomic E-state index is -0.462. The van der Waals surface area contributed by atoms with Gasteiger partial charge in [-0.3, -0.25) is 9.59 Å². The van der Waals surface area contributed by atoms with E-state index in [9.17, 15) is 9.59 Å². The van der Waals surface area contributed by atoms with Gasteiger partial charge < -0.3 is 9.15 Å². The number of ether oxygens (including phenoxy) is 1. The molecule has 154 valence electrons. The normalized spacial score (nSPS) is 14.4. The molecule has 0 saturated heterocycles. The van der Waals surface area contributed by atoms with Gasteiger partial charge in [-0.2, -0.15) is 0 Å². The number of aldehydes is 1. The third-order valence-corrected chi connectivity index (χ3v) is 6.09. The van der Waals surface area contributed by atoms with Gasteiger partial charge in [0.15, 0.2) is 6.29 Å². The van der Waals surface area contributed by atoms with E-state index in [1.54, 1.807) is 0 Å². The van der Waals surface area contributed by atoms with Gasteiger partial charge in [0.2, 0.25) is 5.71 Å². The molecule has 0 radical (unpaired) electrons. The molecular formula is C26H21NO4. The lowest BCUT2D eigenvalue weighted by molar-refractivity contribution is -0.143. The molecule has 1 saturated carbocycles. The van der Waals surface area contributed by atoms with Crippen molar-refractivity contribution in [3.63, 3.8) is 0 Å². The lowest BCUT2D eigenvalue weighted by Gasteiger charge is -2.13. The van der Waals surface area contributed by atoms with E-state index in [0.717, 1.165) is 52.5 Å². The molecule has 2 aromatic carbocycles. The number of methoxy groups -OCH3 is 1. The number of carbonyl (C=O) groups is 2. The fourth-order valence-electron chi connectivity index (χ4n) is 4.15. The average molecular weight is 411 g/mol. The van der Waals surface area contributed by atoms with Gasteiger partial charge in [-0.05, 0) is 48.6 Å². The number of rotatable bonds is 5. The second-order valence-corrected chi connectivity index (χ2v) is 8.00. The summed E-state index contributed by atoms with van der Waals surface area (Å²) in [5.41, 5.74) is 5.26. The zero-order valence-corrected chi connectivity index (χ0v) is 17.3. The highest BCUT2D eigenvalue weighted by Crippen LogP contribution is 2.49. The summed E-state index contributed by atoms with van der Waals surface area (Å²) in [5.74, 6) is 0.366. The smallest absolute Gasteiger partial charge is 0.316 e. The van der Waals surface area contributed by atoms with Gasteiger partial charge in [-0.15, -0.1) is 0 Å². The highest BCUT2D eigenvalue weighted by Gasteiger charge is 2.52. The van der Waals surface area contributed by atoms with Crippen LogP contribution >= 0.6 is 0 Å². The minimum Gasteiger partial charge on any atom is -0.468 e. The van der Waals surface area contributed by atoms with Crippen molar-refractivity contribution in [1.82, 2.24) is 4.98 Å². The second kappa shape index (κ2) is 7.20. The van der Waals surface area contributed by atoms with Crippen LogP contribution in [0, 0.1) is 6.92 Å². The molecule has 0 spiro atoms. The molecular weight excluding hydrogens is 390 g/mol. The molecule has 0 atom stereocenters. The Hall–Kier alpha value is -3.73. The van der Waals surface area contributed by atoms with Crippen LogP contribution < -0.4 is 0 Å².